The molecule has 0 radical (unpaired) electrons. The number of carboxylic acids is 1. The van der Waals surface area contributed by atoms with E-state index in [4.69, 9.17) is 23.7 Å². The first-order chi connectivity index (χ1) is 24.8. The molecule has 5 aliphatic heterocycles. The third-order valence-electron chi connectivity index (χ3n) is 14.4. The number of aliphatic carboxylic acids is 1. The molecule has 4 fully saturated rings. The van der Waals surface area contributed by atoms with Gasteiger partial charge < -0.3 is 44.1 Å². The van der Waals surface area contributed by atoms with Crippen molar-refractivity contribution in [1.82, 2.24) is 0 Å². The Kier molecular flexibility index (Phi) is 13.0. The Balaban J connectivity index is 1.31. The molecular weight excluding hydrogens is 680 g/mol. The van der Waals surface area contributed by atoms with Gasteiger partial charge in [-0.2, -0.15) is 0 Å². The van der Waals surface area contributed by atoms with Gasteiger partial charge in [0.1, 0.15) is 11.9 Å². The number of carbonyl (C=O) groups excluding carboxylic acids is 1. The van der Waals surface area contributed by atoms with E-state index < -0.39 is 76.8 Å². The molecule has 18 atom stereocenters. The summed E-state index contributed by atoms with van der Waals surface area (Å²) in [6, 6.07) is 0. The molecule has 53 heavy (non-hydrogen) atoms. The smallest absolute Gasteiger partial charge is 0.309 e. The number of aliphatic hydroxyl groups is 3. The van der Waals surface area contributed by atoms with E-state index >= 15 is 0 Å². The van der Waals surface area contributed by atoms with Crippen molar-refractivity contribution < 1.29 is 53.7 Å². The molecule has 0 aromatic heterocycles. The zero-order chi connectivity index (χ0) is 39.3. The summed E-state index contributed by atoms with van der Waals surface area (Å²) >= 11 is 0. The molecule has 0 aromatic rings. The van der Waals surface area contributed by atoms with Crippen LogP contribution >= 0.6 is 0 Å². The van der Waals surface area contributed by atoms with Gasteiger partial charge in [-0.1, -0.05) is 55.4 Å². The summed E-state index contributed by atoms with van der Waals surface area (Å²) in [5.74, 6) is -5.78. The van der Waals surface area contributed by atoms with Crippen LogP contribution in [0.4, 0.5) is 0 Å². The minimum Gasteiger partial charge on any atom is -0.481 e. The van der Waals surface area contributed by atoms with Crippen LogP contribution in [0.1, 0.15) is 133 Å². The van der Waals surface area contributed by atoms with E-state index in [1.165, 1.54) is 0 Å². The summed E-state index contributed by atoms with van der Waals surface area (Å²) in [5, 5.41) is 44.0. The van der Waals surface area contributed by atoms with Crippen molar-refractivity contribution in [2.45, 2.75) is 199 Å². The van der Waals surface area contributed by atoms with Gasteiger partial charge in [0, 0.05) is 30.1 Å². The fourth-order valence-electron chi connectivity index (χ4n) is 10.5. The van der Waals surface area contributed by atoms with Crippen molar-refractivity contribution >= 4 is 11.8 Å². The first kappa shape index (κ1) is 42.7. The predicted molar refractivity (Wildman–Crippen MR) is 199 cm³/mol. The highest BCUT2D eigenvalue weighted by molar-refractivity contribution is 5.84. The second kappa shape index (κ2) is 16.2. The Morgan fingerprint density at radius 2 is 1.57 bits per heavy atom. The summed E-state index contributed by atoms with van der Waals surface area (Å²) < 4.78 is 33.5. The normalized spacial score (nSPS) is 46.2. The Labute approximate surface area is 317 Å². The number of aliphatic hydroxyl groups excluding tert-OH is 2. The van der Waals surface area contributed by atoms with Crippen LogP contribution in [0.3, 0.4) is 0 Å². The number of hydrogen-bond donors (Lipinski definition) is 4. The summed E-state index contributed by atoms with van der Waals surface area (Å²) in [4.78, 5) is 26.4. The minimum atomic E-state index is -1.37. The van der Waals surface area contributed by atoms with E-state index in [0.29, 0.717) is 57.8 Å². The highest BCUT2D eigenvalue weighted by Gasteiger charge is 2.63. The highest BCUT2D eigenvalue weighted by Crippen LogP contribution is 2.54. The lowest BCUT2D eigenvalue weighted by atomic mass is 9.72. The number of carbonyl (C=O) groups is 2. The average Bonchev–Trinajstić information content (AvgIpc) is 3.47. The fourth-order valence-corrected chi connectivity index (χ4v) is 10.5. The molecular formula is C42H70O11. The van der Waals surface area contributed by atoms with E-state index in [1.54, 1.807) is 19.1 Å². The largest absolute Gasteiger partial charge is 0.481 e. The van der Waals surface area contributed by atoms with E-state index in [9.17, 15) is 30.0 Å². The van der Waals surface area contributed by atoms with Crippen LogP contribution in [-0.2, 0) is 33.3 Å². The molecule has 0 aromatic carbocycles. The molecule has 0 amide bonds. The van der Waals surface area contributed by atoms with Gasteiger partial charge in [0.25, 0.3) is 0 Å². The molecule has 4 N–H and O–H groups in total. The fraction of sp³-hybridized carbons (Fsp3) is 0.905. The second-order valence-electron chi connectivity index (χ2n) is 17.9. The first-order valence-electron chi connectivity index (χ1n) is 20.7. The Morgan fingerprint density at radius 3 is 2.17 bits per heavy atom. The molecule has 2 spiro atoms. The van der Waals surface area contributed by atoms with Crippen LogP contribution < -0.4 is 0 Å². The van der Waals surface area contributed by atoms with Gasteiger partial charge in [-0.15, -0.1) is 0 Å². The number of Topliss-reactive ketones (excluding diaryl/α,β-unsaturated/α-hetero) is 1. The van der Waals surface area contributed by atoms with Crippen LogP contribution in [0.15, 0.2) is 12.2 Å². The number of hydrogen-bond acceptors (Lipinski definition) is 10. The monoisotopic (exact) mass is 750 g/mol. The number of ether oxygens (including phenoxy) is 5. The van der Waals surface area contributed by atoms with Gasteiger partial charge in [0.15, 0.2) is 5.79 Å². The molecule has 5 heterocycles. The molecule has 0 bridgehead atoms. The van der Waals surface area contributed by atoms with Gasteiger partial charge in [0.2, 0.25) is 5.79 Å². The lowest BCUT2D eigenvalue weighted by molar-refractivity contribution is -0.409. The lowest BCUT2D eigenvalue weighted by Gasteiger charge is -2.54. The summed E-state index contributed by atoms with van der Waals surface area (Å²) in [6.45, 7) is 19.6. The number of carboxylic acid groups (broad SMARTS) is 1. The predicted octanol–water partition coefficient (Wildman–Crippen LogP) is 6.19. The van der Waals surface area contributed by atoms with Gasteiger partial charge >= 0.3 is 5.97 Å². The van der Waals surface area contributed by atoms with Crippen molar-refractivity contribution in [2.75, 3.05) is 0 Å². The van der Waals surface area contributed by atoms with Crippen molar-refractivity contribution in [2.24, 2.45) is 41.4 Å². The van der Waals surface area contributed by atoms with Crippen molar-refractivity contribution in [1.29, 1.82) is 0 Å². The zero-order valence-electron chi connectivity index (χ0n) is 34.0. The molecule has 5 rings (SSSR count). The highest BCUT2D eigenvalue weighted by atomic mass is 16.8. The summed E-state index contributed by atoms with van der Waals surface area (Å²) in [6.07, 6.45) is 5.51. The first-order valence-corrected chi connectivity index (χ1v) is 20.7. The Morgan fingerprint density at radius 1 is 0.887 bits per heavy atom. The zero-order valence-corrected chi connectivity index (χ0v) is 34.0. The van der Waals surface area contributed by atoms with Gasteiger partial charge in [-0.05, 0) is 95.6 Å². The van der Waals surface area contributed by atoms with Crippen molar-refractivity contribution in [3.63, 3.8) is 0 Å². The molecule has 4 saturated heterocycles. The third kappa shape index (κ3) is 7.94. The van der Waals surface area contributed by atoms with Crippen LogP contribution in [-0.4, -0.2) is 97.7 Å². The lowest BCUT2D eigenvalue weighted by Crippen LogP contribution is -2.63. The second-order valence-corrected chi connectivity index (χ2v) is 17.9. The topological polar surface area (TPSA) is 161 Å². The molecule has 11 heteroatoms. The summed E-state index contributed by atoms with van der Waals surface area (Å²) in [5.41, 5.74) is -1.63. The van der Waals surface area contributed by atoms with Gasteiger partial charge in [-0.3, -0.25) is 9.59 Å². The average molecular weight is 751 g/mol. The van der Waals surface area contributed by atoms with Crippen molar-refractivity contribution in [3.05, 3.63) is 12.2 Å². The quantitative estimate of drug-likeness (QED) is 0.169. The van der Waals surface area contributed by atoms with Crippen molar-refractivity contribution in [3.8, 4) is 0 Å². The molecule has 5 aliphatic rings. The van der Waals surface area contributed by atoms with E-state index in [2.05, 4.69) is 20.8 Å². The van der Waals surface area contributed by atoms with Gasteiger partial charge in [0.05, 0.1) is 53.7 Å². The van der Waals surface area contributed by atoms with Crippen LogP contribution in [0.5, 0.6) is 0 Å². The van der Waals surface area contributed by atoms with Gasteiger partial charge in [-0.25, -0.2) is 0 Å². The SMILES string of the molecule is CCC(C(=O)O)C1CC[C@H](C)C([C@@H](C)[C@H](O)C(C)C(=O)C(CC)C2O[C@]3(C=CC(O)C4(CC[C@@](C)(C5CC[C@](O)(CC)[C@H](C)O5)O4)O3)[C@H](C)CC2C)O1. The molecule has 10 unspecified atom stereocenters. The standard InChI is InChI=1S/C42H70O11/c1-11-29(38(46)47)31-15-14-23(4)36(50-31)27(8)34(44)26(7)35(45)30(12-2)37-24(5)22-25(6)41(51-37)19-16-32(43)42(53-41)21-20-39(10,52-42)33-17-18-40(48,13-3)28(9)49-33/h16,19,23-34,36-37,43-44,48H,11-15,17-18,20-22H2,1-10H3,(H,46,47)/t23-,24?,25+,26?,27-,28-,29?,30?,31?,32?,33?,34+,36?,37?,39-,40+,41-,42?/m0/s1. The summed E-state index contributed by atoms with van der Waals surface area (Å²) in [7, 11) is 0. The molecule has 304 valence electrons. The number of rotatable bonds is 12. The molecule has 0 aliphatic carbocycles. The van der Waals surface area contributed by atoms with E-state index in [0.717, 1.165) is 6.42 Å². The molecule has 0 saturated carbocycles. The van der Waals surface area contributed by atoms with Crippen LogP contribution in [0.2, 0.25) is 0 Å². The maximum atomic E-state index is 14.4. The molecule has 11 nitrogen and oxygen atoms in total. The minimum absolute atomic E-state index is 0.0137. The maximum absolute atomic E-state index is 14.4. The third-order valence-corrected chi connectivity index (χ3v) is 14.4. The van der Waals surface area contributed by atoms with E-state index in [-0.39, 0.29) is 41.8 Å². The maximum Gasteiger partial charge on any atom is 0.309 e. The van der Waals surface area contributed by atoms with Crippen LogP contribution in [0.25, 0.3) is 0 Å². The Bertz CT molecular complexity index is 1320. The number of ketones is 1. The Hall–Kier alpha value is -1.44. The van der Waals surface area contributed by atoms with E-state index in [1.807, 2.05) is 41.5 Å². The van der Waals surface area contributed by atoms with Crippen LogP contribution in [0, 0.1) is 41.4 Å².